The van der Waals surface area contributed by atoms with Crippen molar-refractivity contribution in [3.63, 3.8) is 0 Å². The van der Waals surface area contributed by atoms with Gasteiger partial charge in [0.2, 0.25) is 0 Å². The molecule has 1 heterocycles. The van der Waals surface area contributed by atoms with Crippen LogP contribution in [0.25, 0.3) is 0 Å². The largest absolute Gasteiger partial charge is 0.401 e. The fourth-order valence-electron chi connectivity index (χ4n) is 2.01. The van der Waals surface area contributed by atoms with Crippen LogP contribution in [0.4, 0.5) is 13.2 Å². The Morgan fingerprint density at radius 3 is 1.71 bits per heavy atom. The van der Waals surface area contributed by atoms with Gasteiger partial charge in [-0.25, -0.2) is 0 Å². The van der Waals surface area contributed by atoms with Crippen LogP contribution in [0, 0.1) is 5.41 Å². The van der Waals surface area contributed by atoms with Crippen molar-refractivity contribution in [2.75, 3.05) is 44.6 Å². The lowest BCUT2D eigenvalue weighted by atomic mass is 9.95. The van der Waals surface area contributed by atoms with Gasteiger partial charge in [0.05, 0.1) is 6.54 Å². The lowest BCUT2D eigenvalue weighted by Gasteiger charge is -2.38. The highest BCUT2D eigenvalue weighted by molar-refractivity contribution is 9.09. The molecule has 1 aliphatic heterocycles. The van der Waals surface area contributed by atoms with Gasteiger partial charge in [0, 0.05) is 38.1 Å². The third-order valence-corrected chi connectivity index (χ3v) is 4.40. The first kappa shape index (κ1) is 15.2. The molecule has 102 valence electrons. The lowest BCUT2D eigenvalue weighted by molar-refractivity contribution is -0.149. The summed E-state index contributed by atoms with van der Waals surface area (Å²) < 4.78 is 36.6. The first-order valence-electron chi connectivity index (χ1n) is 5.79. The van der Waals surface area contributed by atoms with Crippen molar-refractivity contribution in [2.45, 2.75) is 20.0 Å². The SMILES string of the molecule is CC(C)(CBr)CN1CCN(CC(F)(F)F)CC1. The maximum atomic E-state index is 12.2. The van der Waals surface area contributed by atoms with Crippen molar-refractivity contribution in [1.29, 1.82) is 0 Å². The fraction of sp³-hybridized carbons (Fsp3) is 1.00. The predicted molar refractivity (Wildman–Crippen MR) is 66.5 cm³/mol. The summed E-state index contributed by atoms with van der Waals surface area (Å²) in [5, 5.41) is 0.906. The molecule has 0 aromatic carbocycles. The molecule has 0 spiro atoms. The summed E-state index contributed by atoms with van der Waals surface area (Å²) in [5.41, 5.74) is 0.173. The van der Waals surface area contributed by atoms with Gasteiger partial charge in [0.15, 0.2) is 0 Å². The first-order chi connectivity index (χ1) is 7.72. The highest BCUT2D eigenvalue weighted by atomic mass is 79.9. The molecule has 0 saturated carbocycles. The number of alkyl halides is 4. The summed E-state index contributed by atoms with van der Waals surface area (Å²) in [6, 6.07) is 0. The molecule has 0 aliphatic carbocycles. The van der Waals surface area contributed by atoms with Crippen molar-refractivity contribution in [1.82, 2.24) is 9.80 Å². The smallest absolute Gasteiger partial charge is 0.300 e. The predicted octanol–water partition coefficient (Wildman–Crippen LogP) is 2.59. The summed E-state index contributed by atoms with van der Waals surface area (Å²) >= 11 is 3.46. The van der Waals surface area contributed by atoms with E-state index in [4.69, 9.17) is 0 Å². The van der Waals surface area contributed by atoms with E-state index in [1.165, 1.54) is 4.90 Å². The number of nitrogens with zero attached hydrogens (tertiary/aromatic N) is 2. The van der Waals surface area contributed by atoms with Crippen molar-refractivity contribution in [3.8, 4) is 0 Å². The third kappa shape index (κ3) is 6.06. The van der Waals surface area contributed by atoms with Gasteiger partial charge in [-0.3, -0.25) is 4.90 Å². The lowest BCUT2D eigenvalue weighted by Crippen LogP contribution is -2.51. The Labute approximate surface area is 109 Å². The van der Waals surface area contributed by atoms with Crippen LogP contribution < -0.4 is 0 Å². The molecule has 0 atom stereocenters. The zero-order chi connectivity index (χ0) is 13.1. The molecule has 0 amide bonds. The molecule has 1 fully saturated rings. The Balaban J connectivity index is 2.31. The molecule has 1 aliphatic rings. The molecule has 17 heavy (non-hydrogen) atoms. The van der Waals surface area contributed by atoms with Crippen LogP contribution in [0.2, 0.25) is 0 Å². The molecule has 0 bridgehead atoms. The van der Waals surface area contributed by atoms with Crippen LogP contribution in [0.3, 0.4) is 0 Å². The molecular formula is C11H20BrF3N2. The van der Waals surface area contributed by atoms with Crippen LogP contribution in [0.5, 0.6) is 0 Å². The average molecular weight is 317 g/mol. The first-order valence-corrected chi connectivity index (χ1v) is 6.91. The maximum absolute atomic E-state index is 12.2. The molecule has 1 rings (SSSR count). The molecular weight excluding hydrogens is 297 g/mol. The minimum absolute atomic E-state index is 0.173. The Morgan fingerprint density at radius 2 is 1.35 bits per heavy atom. The molecule has 6 heteroatoms. The molecule has 0 aromatic heterocycles. The minimum Gasteiger partial charge on any atom is -0.300 e. The zero-order valence-electron chi connectivity index (χ0n) is 10.4. The highest BCUT2D eigenvalue weighted by Gasteiger charge is 2.32. The summed E-state index contributed by atoms with van der Waals surface area (Å²) in [4.78, 5) is 3.73. The Hall–Kier alpha value is 0.190. The summed E-state index contributed by atoms with van der Waals surface area (Å²) in [6.07, 6.45) is -4.07. The van der Waals surface area contributed by atoms with Crippen molar-refractivity contribution in [3.05, 3.63) is 0 Å². The number of halogens is 4. The maximum Gasteiger partial charge on any atom is 0.401 e. The monoisotopic (exact) mass is 316 g/mol. The highest BCUT2D eigenvalue weighted by Crippen LogP contribution is 2.22. The van der Waals surface area contributed by atoms with Crippen molar-refractivity contribution < 1.29 is 13.2 Å². The van der Waals surface area contributed by atoms with E-state index in [0.717, 1.165) is 25.0 Å². The van der Waals surface area contributed by atoms with Crippen molar-refractivity contribution in [2.24, 2.45) is 5.41 Å². The fourth-order valence-corrected chi connectivity index (χ4v) is 2.18. The number of piperazine rings is 1. The molecule has 0 aromatic rings. The van der Waals surface area contributed by atoms with Gasteiger partial charge in [-0.05, 0) is 5.41 Å². The van der Waals surface area contributed by atoms with Crippen LogP contribution in [-0.2, 0) is 0 Å². The Kier molecular flexibility index (Phi) is 5.28. The van der Waals surface area contributed by atoms with Crippen LogP contribution in [-0.4, -0.2) is 60.6 Å². The third-order valence-electron chi connectivity index (χ3n) is 2.88. The molecule has 0 N–H and O–H groups in total. The second-order valence-corrected chi connectivity index (χ2v) is 6.03. The van der Waals surface area contributed by atoms with Crippen LogP contribution in [0.15, 0.2) is 0 Å². The van der Waals surface area contributed by atoms with Gasteiger partial charge in [-0.1, -0.05) is 29.8 Å². The number of hydrogen-bond acceptors (Lipinski definition) is 2. The van der Waals surface area contributed by atoms with E-state index in [9.17, 15) is 13.2 Å². The molecule has 0 radical (unpaired) electrons. The van der Waals surface area contributed by atoms with E-state index in [1.807, 2.05) is 0 Å². The molecule has 0 unspecified atom stereocenters. The van der Waals surface area contributed by atoms with Gasteiger partial charge in [0.1, 0.15) is 0 Å². The van der Waals surface area contributed by atoms with Gasteiger partial charge in [-0.2, -0.15) is 13.2 Å². The second kappa shape index (κ2) is 5.89. The van der Waals surface area contributed by atoms with Crippen LogP contribution in [0.1, 0.15) is 13.8 Å². The van der Waals surface area contributed by atoms with E-state index < -0.39 is 12.7 Å². The van der Waals surface area contributed by atoms with Gasteiger partial charge < -0.3 is 4.90 Å². The normalized spacial score (nSPS) is 20.8. The van der Waals surface area contributed by atoms with E-state index >= 15 is 0 Å². The van der Waals surface area contributed by atoms with Crippen molar-refractivity contribution >= 4 is 15.9 Å². The van der Waals surface area contributed by atoms with Gasteiger partial charge in [0.25, 0.3) is 0 Å². The number of rotatable bonds is 4. The molecule has 1 saturated heterocycles. The summed E-state index contributed by atoms with van der Waals surface area (Å²) in [7, 11) is 0. The standard InChI is InChI=1S/C11H20BrF3N2/c1-10(2,7-12)8-16-3-5-17(6-4-16)9-11(13,14)15/h3-9H2,1-2H3. The Bertz CT molecular complexity index is 235. The minimum atomic E-state index is -4.07. The summed E-state index contributed by atoms with van der Waals surface area (Å²) in [6.45, 7) is 6.95. The van der Waals surface area contributed by atoms with E-state index in [2.05, 4.69) is 34.7 Å². The van der Waals surface area contributed by atoms with E-state index in [1.54, 1.807) is 0 Å². The topological polar surface area (TPSA) is 6.48 Å². The van der Waals surface area contributed by atoms with Gasteiger partial charge in [-0.15, -0.1) is 0 Å². The average Bonchev–Trinajstić information content (AvgIpc) is 2.19. The zero-order valence-corrected chi connectivity index (χ0v) is 11.9. The van der Waals surface area contributed by atoms with E-state index in [-0.39, 0.29) is 5.41 Å². The quantitative estimate of drug-likeness (QED) is 0.736. The second-order valence-electron chi connectivity index (χ2n) is 5.47. The summed E-state index contributed by atoms with van der Waals surface area (Å²) in [5.74, 6) is 0. The van der Waals surface area contributed by atoms with Crippen LogP contribution >= 0.6 is 15.9 Å². The Morgan fingerprint density at radius 1 is 0.941 bits per heavy atom. The van der Waals surface area contributed by atoms with E-state index in [0.29, 0.717) is 13.1 Å². The number of hydrogen-bond donors (Lipinski definition) is 0. The van der Waals surface area contributed by atoms with Gasteiger partial charge >= 0.3 is 6.18 Å². The molecule has 2 nitrogen and oxygen atoms in total.